The lowest BCUT2D eigenvalue weighted by Gasteiger charge is -2.11. The highest BCUT2D eigenvalue weighted by molar-refractivity contribution is 6.30. The van der Waals surface area contributed by atoms with Crippen molar-refractivity contribution in [1.82, 2.24) is 0 Å². The van der Waals surface area contributed by atoms with Gasteiger partial charge in [0.1, 0.15) is 11.9 Å². The molecule has 0 spiro atoms. The second-order valence-corrected chi connectivity index (χ2v) is 3.71. The van der Waals surface area contributed by atoms with Crippen LogP contribution in [0.4, 0.5) is 0 Å². The van der Waals surface area contributed by atoms with Crippen LogP contribution >= 0.6 is 11.6 Å². The van der Waals surface area contributed by atoms with Crippen LogP contribution in [0.2, 0.25) is 5.02 Å². The van der Waals surface area contributed by atoms with Crippen molar-refractivity contribution in [3.63, 3.8) is 0 Å². The predicted octanol–water partition coefficient (Wildman–Crippen LogP) is 2.51. The summed E-state index contributed by atoms with van der Waals surface area (Å²) in [5, 5.41) is 0.717. The Morgan fingerprint density at radius 3 is 3.00 bits per heavy atom. The van der Waals surface area contributed by atoms with Gasteiger partial charge in [-0.15, -0.1) is 0 Å². The summed E-state index contributed by atoms with van der Waals surface area (Å²) >= 11 is 5.87. The van der Waals surface area contributed by atoms with Crippen LogP contribution in [0.3, 0.4) is 0 Å². The van der Waals surface area contributed by atoms with E-state index in [0.717, 1.165) is 22.8 Å². The standard InChI is InChI=1S/C10H12ClNO/c1-2-8-10(12)7-5-6(11)3-4-9(7)13-8/h3-5,8,10H,2,12H2,1H3. The van der Waals surface area contributed by atoms with Crippen LogP contribution in [0.1, 0.15) is 24.9 Å². The van der Waals surface area contributed by atoms with E-state index in [1.54, 1.807) is 0 Å². The molecule has 70 valence electrons. The molecule has 1 aromatic rings. The van der Waals surface area contributed by atoms with Gasteiger partial charge in [0.05, 0.1) is 6.04 Å². The van der Waals surface area contributed by atoms with Gasteiger partial charge < -0.3 is 10.5 Å². The fourth-order valence-corrected chi connectivity index (χ4v) is 1.84. The number of fused-ring (bicyclic) bond motifs is 1. The van der Waals surface area contributed by atoms with Gasteiger partial charge in [-0.3, -0.25) is 0 Å². The minimum absolute atomic E-state index is 0.0290. The van der Waals surface area contributed by atoms with Crippen molar-refractivity contribution < 1.29 is 4.74 Å². The van der Waals surface area contributed by atoms with Crippen molar-refractivity contribution in [3.05, 3.63) is 28.8 Å². The summed E-state index contributed by atoms with van der Waals surface area (Å²) < 4.78 is 5.64. The summed E-state index contributed by atoms with van der Waals surface area (Å²) in [6.07, 6.45) is 1.03. The van der Waals surface area contributed by atoms with E-state index in [-0.39, 0.29) is 12.1 Å². The normalized spacial score (nSPS) is 25.5. The molecule has 0 amide bonds. The molecule has 2 nitrogen and oxygen atoms in total. The Bertz CT molecular complexity index is 327. The third-order valence-corrected chi connectivity index (χ3v) is 2.65. The summed E-state index contributed by atoms with van der Waals surface area (Å²) in [4.78, 5) is 0. The molecule has 1 aromatic carbocycles. The third-order valence-electron chi connectivity index (χ3n) is 2.41. The molecule has 3 heteroatoms. The van der Waals surface area contributed by atoms with Gasteiger partial charge >= 0.3 is 0 Å². The second kappa shape index (κ2) is 3.20. The van der Waals surface area contributed by atoms with E-state index in [4.69, 9.17) is 22.1 Å². The number of hydrogen-bond acceptors (Lipinski definition) is 2. The molecule has 0 fully saturated rings. The van der Waals surface area contributed by atoms with Gasteiger partial charge in [0.2, 0.25) is 0 Å². The molecule has 0 aromatic heterocycles. The first-order chi connectivity index (χ1) is 6.22. The Balaban J connectivity index is 2.39. The van der Waals surface area contributed by atoms with E-state index in [0.29, 0.717) is 0 Å². The maximum atomic E-state index is 5.99. The lowest BCUT2D eigenvalue weighted by Crippen LogP contribution is -2.24. The first-order valence-electron chi connectivity index (χ1n) is 4.44. The molecule has 1 heterocycles. The minimum Gasteiger partial charge on any atom is -0.488 e. The van der Waals surface area contributed by atoms with Crippen LogP contribution in [0.5, 0.6) is 5.75 Å². The van der Waals surface area contributed by atoms with Crippen LogP contribution in [-0.4, -0.2) is 6.10 Å². The maximum Gasteiger partial charge on any atom is 0.124 e. The molecular formula is C10H12ClNO. The lowest BCUT2D eigenvalue weighted by molar-refractivity contribution is 0.202. The quantitative estimate of drug-likeness (QED) is 0.751. The Morgan fingerprint density at radius 2 is 2.31 bits per heavy atom. The fourth-order valence-electron chi connectivity index (χ4n) is 1.66. The monoisotopic (exact) mass is 197 g/mol. The van der Waals surface area contributed by atoms with E-state index in [9.17, 15) is 0 Å². The molecule has 2 unspecified atom stereocenters. The van der Waals surface area contributed by atoms with E-state index >= 15 is 0 Å². The molecule has 1 aliphatic heterocycles. The molecule has 2 atom stereocenters. The lowest BCUT2D eigenvalue weighted by atomic mass is 10.0. The Morgan fingerprint density at radius 1 is 1.54 bits per heavy atom. The molecule has 0 radical (unpaired) electrons. The Kier molecular flexibility index (Phi) is 2.18. The van der Waals surface area contributed by atoms with E-state index < -0.39 is 0 Å². The number of ether oxygens (including phenoxy) is 1. The highest BCUT2D eigenvalue weighted by Gasteiger charge is 2.29. The van der Waals surface area contributed by atoms with Crippen molar-refractivity contribution in [1.29, 1.82) is 0 Å². The van der Waals surface area contributed by atoms with Crippen molar-refractivity contribution >= 4 is 11.6 Å². The fraction of sp³-hybridized carbons (Fsp3) is 0.400. The maximum absolute atomic E-state index is 5.99. The van der Waals surface area contributed by atoms with Gasteiger partial charge in [-0.05, 0) is 24.6 Å². The zero-order valence-electron chi connectivity index (χ0n) is 7.46. The predicted molar refractivity (Wildman–Crippen MR) is 53.1 cm³/mol. The number of benzene rings is 1. The largest absolute Gasteiger partial charge is 0.488 e. The SMILES string of the molecule is CCC1Oc2ccc(Cl)cc2C1N. The van der Waals surface area contributed by atoms with Crippen LogP contribution in [0.15, 0.2) is 18.2 Å². The van der Waals surface area contributed by atoms with Gasteiger partial charge in [-0.25, -0.2) is 0 Å². The Hall–Kier alpha value is -0.730. The number of rotatable bonds is 1. The number of nitrogens with two attached hydrogens (primary N) is 1. The zero-order chi connectivity index (χ0) is 9.42. The summed E-state index contributed by atoms with van der Waals surface area (Å²) in [6.45, 7) is 2.07. The summed E-state index contributed by atoms with van der Waals surface area (Å²) in [5.74, 6) is 0.878. The zero-order valence-corrected chi connectivity index (χ0v) is 8.21. The molecule has 1 aliphatic rings. The van der Waals surface area contributed by atoms with Gasteiger partial charge in [-0.1, -0.05) is 18.5 Å². The molecule has 2 rings (SSSR count). The van der Waals surface area contributed by atoms with Crippen molar-refractivity contribution in [3.8, 4) is 5.75 Å². The molecule has 13 heavy (non-hydrogen) atoms. The molecule has 0 saturated heterocycles. The van der Waals surface area contributed by atoms with Gasteiger partial charge in [-0.2, -0.15) is 0 Å². The Labute approximate surface area is 82.6 Å². The second-order valence-electron chi connectivity index (χ2n) is 3.27. The molecule has 2 N–H and O–H groups in total. The number of halogens is 1. The van der Waals surface area contributed by atoms with Gasteiger partial charge in [0, 0.05) is 10.6 Å². The molecule has 0 aliphatic carbocycles. The van der Waals surface area contributed by atoms with Crippen LogP contribution in [-0.2, 0) is 0 Å². The average molecular weight is 198 g/mol. The summed E-state index contributed by atoms with van der Waals surface area (Å²) in [5.41, 5.74) is 7.01. The van der Waals surface area contributed by atoms with Gasteiger partial charge in [0.15, 0.2) is 0 Å². The highest BCUT2D eigenvalue weighted by atomic mass is 35.5. The molecular weight excluding hydrogens is 186 g/mol. The average Bonchev–Trinajstić information content (AvgIpc) is 2.44. The first kappa shape index (κ1) is 8.85. The third kappa shape index (κ3) is 1.40. The first-order valence-corrected chi connectivity index (χ1v) is 4.82. The minimum atomic E-state index is -0.0290. The van der Waals surface area contributed by atoms with E-state index in [1.165, 1.54) is 0 Å². The van der Waals surface area contributed by atoms with E-state index in [2.05, 4.69) is 6.92 Å². The van der Waals surface area contributed by atoms with Crippen molar-refractivity contribution in [2.75, 3.05) is 0 Å². The molecule has 0 bridgehead atoms. The van der Waals surface area contributed by atoms with E-state index in [1.807, 2.05) is 18.2 Å². The van der Waals surface area contributed by atoms with Crippen LogP contribution in [0, 0.1) is 0 Å². The smallest absolute Gasteiger partial charge is 0.124 e. The van der Waals surface area contributed by atoms with Gasteiger partial charge in [0.25, 0.3) is 0 Å². The summed E-state index contributed by atoms with van der Waals surface area (Å²) in [6, 6.07) is 5.56. The van der Waals surface area contributed by atoms with Crippen molar-refractivity contribution in [2.24, 2.45) is 5.73 Å². The van der Waals surface area contributed by atoms with Crippen LogP contribution in [0.25, 0.3) is 0 Å². The highest BCUT2D eigenvalue weighted by Crippen LogP contribution is 2.37. The van der Waals surface area contributed by atoms with Crippen molar-refractivity contribution in [2.45, 2.75) is 25.5 Å². The number of hydrogen-bond donors (Lipinski definition) is 1. The molecule has 0 saturated carbocycles. The topological polar surface area (TPSA) is 35.2 Å². The summed E-state index contributed by atoms with van der Waals surface area (Å²) in [7, 11) is 0. The van der Waals surface area contributed by atoms with Crippen LogP contribution < -0.4 is 10.5 Å².